The van der Waals surface area contributed by atoms with Crippen molar-refractivity contribution in [3.05, 3.63) is 53.9 Å². The third-order valence-corrected chi connectivity index (χ3v) is 6.84. The Bertz CT molecular complexity index is 921. The number of likely N-dealkylation sites (tertiary alicyclic amines) is 1. The highest BCUT2D eigenvalue weighted by atomic mass is 16.5. The van der Waals surface area contributed by atoms with Gasteiger partial charge in [-0.2, -0.15) is 0 Å². The van der Waals surface area contributed by atoms with Gasteiger partial charge in [0.15, 0.2) is 0 Å². The van der Waals surface area contributed by atoms with E-state index >= 15 is 0 Å². The van der Waals surface area contributed by atoms with Crippen molar-refractivity contribution in [2.45, 2.75) is 38.8 Å². The summed E-state index contributed by atoms with van der Waals surface area (Å²) in [6, 6.07) is 12.5. The Morgan fingerprint density at radius 3 is 2.19 bits per heavy atom. The molecule has 0 radical (unpaired) electrons. The van der Waals surface area contributed by atoms with E-state index in [2.05, 4.69) is 35.8 Å². The Labute approximate surface area is 190 Å². The number of nitrogens with zero attached hydrogens (tertiary/aromatic N) is 4. The number of aromatic nitrogens is 1. The van der Waals surface area contributed by atoms with Gasteiger partial charge < -0.3 is 19.1 Å². The predicted molar refractivity (Wildman–Crippen MR) is 125 cm³/mol. The highest BCUT2D eigenvalue weighted by molar-refractivity contribution is 5.94. The van der Waals surface area contributed by atoms with Gasteiger partial charge in [0.1, 0.15) is 5.69 Å². The molecule has 0 aliphatic carbocycles. The fourth-order valence-corrected chi connectivity index (χ4v) is 4.83. The smallest absolute Gasteiger partial charge is 0.354 e. The number of anilines is 1. The van der Waals surface area contributed by atoms with E-state index < -0.39 is 0 Å². The standard InChI is InChI=1S/C25H34N4O3/c1-19(2)26-15-17-27(18-16-26)21-8-6-20(7-9-21)24(30)28-13-10-22(11-14-28)29-12-4-5-23(29)25(31)32-3/h4-9,12,19,22H,10-11,13-18H2,1-3H3. The maximum atomic E-state index is 13.0. The summed E-state index contributed by atoms with van der Waals surface area (Å²) in [7, 11) is 1.40. The first kappa shape index (κ1) is 22.4. The first-order chi connectivity index (χ1) is 15.5. The van der Waals surface area contributed by atoms with E-state index in [1.165, 1.54) is 12.8 Å². The highest BCUT2D eigenvalue weighted by Gasteiger charge is 2.27. The predicted octanol–water partition coefficient (Wildman–Crippen LogP) is 3.28. The molecule has 4 rings (SSSR count). The fourth-order valence-electron chi connectivity index (χ4n) is 4.83. The molecule has 0 atom stereocenters. The lowest BCUT2D eigenvalue weighted by Gasteiger charge is -2.38. The number of ether oxygens (including phenoxy) is 1. The topological polar surface area (TPSA) is 58.0 Å². The molecule has 2 aromatic rings. The van der Waals surface area contributed by atoms with Gasteiger partial charge in [0.05, 0.1) is 7.11 Å². The normalized spacial score (nSPS) is 18.2. The van der Waals surface area contributed by atoms with E-state index in [0.717, 1.165) is 44.6 Å². The molecule has 0 N–H and O–H groups in total. The molecule has 2 aliphatic heterocycles. The van der Waals surface area contributed by atoms with Crippen LogP contribution in [0.1, 0.15) is 53.6 Å². The summed E-state index contributed by atoms with van der Waals surface area (Å²) in [6.07, 6.45) is 3.57. The van der Waals surface area contributed by atoms with E-state index in [0.29, 0.717) is 24.8 Å². The molecule has 1 amide bonds. The average Bonchev–Trinajstić information content (AvgIpc) is 3.33. The maximum absolute atomic E-state index is 13.0. The highest BCUT2D eigenvalue weighted by Crippen LogP contribution is 2.26. The van der Waals surface area contributed by atoms with E-state index in [4.69, 9.17) is 4.74 Å². The Kier molecular flexibility index (Phi) is 6.84. The second kappa shape index (κ2) is 9.77. The Balaban J connectivity index is 1.33. The number of carbonyl (C=O) groups is 2. The minimum atomic E-state index is -0.320. The quantitative estimate of drug-likeness (QED) is 0.671. The summed E-state index contributed by atoms with van der Waals surface area (Å²) >= 11 is 0. The van der Waals surface area contributed by atoms with Crippen LogP contribution in [-0.2, 0) is 4.74 Å². The number of amides is 1. The molecule has 2 fully saturated rings. The van der Waals surface area contributed by atoms with Gasteiger partial charge >= 0.3 is 5.97 Å². The molecule has 0 saturated carbocycles. The van der Waals surface area contributed by atoms with Crippen LogP contribution in [0.3, 0.4) is 0 Å². The third-order valence-electron chi connectivity index (χ3n) is 6.84. The Hall–Kier alpha value is -2.80. The zero-order chi connectivity index (χ0) is 22.7. The lowest BCUT2D eigenvalue weighted by atomic mass is 10.0. The molecule has 1 aromatic heterocycles. The minimum Gasteiger partial charge on any atom is -0.464 e. The van der Waals surface area contributed by atoms with Crippen molar-refractivity contribution in [2.24, 2.45) is 0 Å². The van der Waals surface area contributed by atoms with Crippen LogP contribution in [0.25, 0.3) is 0 Å². The summed E-state index contributed by atoms with van der Waals surface area (Å²) in [5.41, 5.74) is 2.50. The second-order valence-electron chi connectivity index (χ2n) is 8.98. The van der Waals surface area contributed by atoms with Crippen molar-refractivity contribution >= 4 is 17.6 Å². The molecule has 0 unspecified atom stereocenters. The number of piperidine rings is 1. The molecular formula is C25H34N4O3. The third kappa shape index (κ3) is 4.67. The number of methoxy groups -OCH3 is 1. The van der Waals surface area contributed by atoms with E-state index in [1.807, 2.05) is 33.9 Å². The van der Waals surface area contributed by atoms with Gasteiger partial charge in [-0.1, -0.05) is 0 Å². The summed E-state index contributed by atoms with van der Waals surface area (Å²) in [6.45, 7) is 10.0. The molecule has 3 heterocycles. The van der Waals surface area contributed by atoms with Crippen LogP contribution in [0.4, 0.5) is 5.69 Å². The fraction of sp³-hybridized carbons (Fsp3) is 0.520. The molecule has 7 heteroatoms. The molecule has 0 spiro atoms. The van der Waals surface area contributed by atoms with Gasteiger partial charge in [-0.15, -0.1) is 0 Å². The molecule has 32 heavy (non-hydrogen) atoms. The van der Waals surface area contributed by atoms with E-state index in [9.17, 15) is 9.59 Å². The average molecular weight is 439 g/mol. The zero-order valence-corrected chi connectivity index (χ0v) is 19.4. The number of esters is 1. The Morgan fingerprint density at radius 1 is 0.938 bits per heavy atom. The number of hydrogen-bond acceptors (Lipinski definition) is 5. The van der Waals surface area contributed by atoms with E-state index in [-0.39, 0.29) is 17.9 Å². The summed E-state index contributed by atoms with van der Waals surface area (Å²) in [5, 5.41) is 0. The van der Waals surface area contributed by atoms with Crippen molar-refractivity contribution in [1.82, 2.24) is 14.4 Å². The van der Waals surface area contributed by atoms with Gasteiger partial charge in [0.25, 0.3) is 5.91 Å². The summed E-state index contributed by atoms with van der Waals surface area (Å²) in [5.74, 6) is -0.237. The first-order valence-electron chi connectivity index (χ1n) is 11.6. The number of piperazine rings is 1. The van der Waals surface area contributed by atoms with Crippen LogP contribution in [0, 0.1) is 0 Å². The SMILES string of the molecule is COC(=O)c1cccn1C1CCN(C(=O)c2ccc(N3CCN(C(C)C)CC3)cc2)CC1. The molecule has 1 aromatic carbocycles. The van der Waals surface area contributed by atoms with Crippen molar-refractivity contribution in [2.75, 3.05) is 51.3 Å². The largest absolute Gasteiger partial charge is 0.464 e. The van der Waals surface area contributed by atoms with Crippen LogP contribution < -0.4 is 4.90 Å². The Morgan fingerprint density at radius 2 is 1.59 bits per heavy atom. The number of rotatable bonds is 5. The van der Waals surface area contributed by atoms with Crippen molar-refractivity contribution in [1.29, 1.82) is 0 Å². The minimum absolute atomic E-state index is 0.0836. The molecule has 2 aliphatic rings. The number of benzene rings is 1. The summed E-state index contributed by atoms with van der Waals surface area (Å²) < 4.78 is 6.87. The van der Waals surface area contributed by atoms with Crippen LogP contribution in [0.2, 0.25) is 0 Å². The van der Waals surface area contributed by atoms with Crippen molar-refractivity contribution in [3.8, 4) is 0 Å². The number of carbonyl (C=O) groups excluding carboxylic acids is 2. The zero-order valence-electron chi connectivity index (χ0n) is 19.4. The molecular weight excluding hydrogens is 404 g/mol. The molecule has 172 valence electrons. The molecule has 0 bridgehead atoms. The lowest BCUT2D eigenvalue weighted by molar-refractivity contribution is 0.0573. The van der Waals surface area contributed by atoms with Crippen molar-refractivity contribution in [3.63, 3.8) is 0 Å². The lowest BCUT2D eigenvalue weighted by Crippen LogP contribution is -2.48. The van der Waals surface area contributed by atoms with Crippen LogP contribution in [0.5, 0.6) is 0 Å². The van der Waals surface area contributed by atoms with Gasteiger partial charge in [0, 0.05) is 68.8 Å². The first-order valence-corrected chi connectivity index (χ1v) is 11.6. The maximum Gasteiger partial charge on any atom is 0.354 e. The van der Waals surface area contributed by atoms with Crippen LogP contribution >= 0.6 is 0 Å². The van der Waals surface area contributed by atoms with Crippen LogP contribution in [-0.4, -0.2) is 78.7 Å². The van der Waals surface area contributed by atoms with Crippen molar-refractivity contribution < 1.29 is 14.3 Å². The second-order valence-corrected chi connectivity index (χ2v) is 8.98. The molecule has 7 nitrogen and oxygen atoms in total. The van der Waals surface area contributed by atoms with Crippen LogP contribution in [0.15, 0.2) is 42.6 Å². The van der Waals surface area contributed by atoms with Gasteiger partial charge in [-0.05, 0) is 63.1 Å². The number of hydrogen-bond donors (Lipinski definition) is 0. The van der Waals surface area contributed by atoms with E-state index in [1.54, 1.807) is 6.07 Å². The van der Waals surface area contributed by atoms with Gasteiger partial charge in [-0.3, -0.25) is 9.69 Å². The monoisotopic (exact) mass is 438 g/mol. The van der Waals surface area contributed by atoms with Gasteiger partial charge in [0.2, 0.25) is 0 Å². The molecule has 2 saturated heterocycles. The summed E-state index contributed by atoms with van der Waals surface area (Å²) in [4.78, 5) is 31.8. The van der Waals surface area contributed by atoms with Gasteiger partial charge in [-0.25, -0.2) is 4.79 Å².